The van der Waals surface area contributed by atoms with Gasteiger partial charge in [-0.05, 0) is 18.2 Å². The Morgan fingerprint density at radius 2 is 2.14 bits per heavy atom. The minimum atomic E-state index is -4.17. The van der Waals surface area contributed by atoms with Gasteiger partial charge in [-0.3, -0.25) is 9.40 Å². The summed E-state index contributed by atoms with van der Waals surface area (Å²) in [6.45, 7) is -0.749. The summed E-state index contributed by atoms with van der Waals surface area (Å²) in [7, 11) is -4.17. The Bertz CT molecular complexity index is 827. The summed E-state index contributed by atoms with van der Waals surface area (Å²) < 4.78 is 64.8. The van der Waals surface area contributed by atoms with Crippen LogP contribution in [0.2, 0.25) is 0 Å². The number of alkyl halides is 2. The fourth-order valence-electron chi connectivity index (χ4n) is 1.60. The van der Waals surface area contributed by atoms with E-state index in [1.54, 1.807) is 6.07 Å². The van der Waals surface area contributed by atoms with E-state index in [0.717, 1.165) is 29.2 Å². The van der Waals surface area contributed by atoms with Crippen LogP contribution in [-0.2, 0) is 16.6 Å². The van der Waals surface area contributed by atoms with E-state index < -0.39 is 28.8 Å². The molecule has 0 unspecified atom stereocenters. The fraction of sp³-hybridized carbons (Fsp3) is 0.167. The molecule has 0 atom stereocenters. The number of anilines is 1. The molecule has 116 valence electrons. The number of nitriles is 1. The SMILES string of the molecule is N#Cc1ccc(NS(=O)(=O)c2cnn(CC(F)F)c2)c(F)c1. The maximum atomic E-state index is 13.7. The Morgan fingerprint density at radius 3 is 2.73 bits per heavy atom. The van der Waals surface area contributed by atoms with E-state index in [4.69, 9.17) is 5.26 Å². The van der Waals surface area contributed by atoms with Crippen molar-refractivity contribution in [1.29, 1.82) is 5.26 Å². The van der Waals surface area contributed by atoms with Gasteiger partial charge in [-0.2, -0.15) is 10.4 Å². The van der Waals surface area contributed by atoms with E-state index in [0.29, 0.717) is 0 Å². The lowest BCUT2D eigenvalue weighted by Gasteiger charge is -2.07. The maximum Gasteiger partial charge on any atom is 0.265 e. The monoisotopic (exact) mass is 330 g/mol. The maximum absolute atomic E-state index is 13.7. The third-order valence-electron chi connectivity index (χ3n) is 2.59. The van der Waals surface area contributed by atoms with Crippen molar-refractivity contribution in [1.82, 2.24) is 9.78 Å². The molecule has 6 nitrogen and oxygen atoms in total. The smallest absolute Gasteiger partial charge is 0.265 e. The first-order valence-corrected chi connectivity index (χ1v) is 7.33. The van der Waals surface area contributed by atoms with Gasteiger partial charge in [-0.1, -0.05) is 0 Å². The van der Waals surface area contributed by atoms with Crippen molar-refractivity contribution in [2.45, 2.75) is 17.9 Å². The second kappa shape index (κ2) is 6.07. The molecule has 0 radical (unpaired) electrons. The highest BCUT2D eigenvalue weighted by Gasteiger charge is 2.19. The average molecular weight is 330 g/mol. The molecule has 0 saturated carbocycles. The predicted octanol–water partition coefficient (Wildman–Crippen LogP) is 1.96. The topological polar surface area (TPSA) is 87.8 Å². The zero-order chi connectivity index (χ0) is 16.3. The summed E-state index contributed by atoms with van der Waals surface area (Å²) in [4.78, 5) is -0.378. The first-order chi connectivity index (χ1) is 10.3. The highest BCUT2D eigenvalue weighted by Crippen LogP contribution is 2.20. The molecule has 0 fully saturated rings. The van der Waals surface area contributed by atoms with Crippen molar-refractivity contribution in [3.05, 3.63) is 42.0 Å². The number of hydrogen-bond acceptors (Lipinski definition) is 4. The third-order valence-corrected chi connectivity index (χ3v) is 3.91. The van der Waals surface area contributed by atoms with Gasteiger partial charge in [0.2, 0.25) is 0 Å². The minimum Gasteiger partial charge on any atom is -0.277 e. The minimum absolute atomic E-state index is 0.0326. The Morgan fingerprint density at radius 1 is 1.41 bits per heavy atom. The first kappa shape index (κ1) is 15.8. The fourth-order valence-corrected chi connectivity index (χ4v) is 2.61. The standard InChI is InChI=1S/C12H9F3N4O2S/c13-10-3-8(4-16)1-2-11(10)18-22(20,21)9-5-17-19(6-9)7-12(14)15/h1-3,5-6,12,18H,7H2. The van der Waals surface area contributed by atoms with E-state index in [-0.39, 0.29) is 16.1 Å². The van der Waals surface area contributed by atoms with Gasteiger partial charge in [0, 0.05) is 6.20 Å². The molecule has 0 aliphatic heterocycles. The molecule has 10 heteroatoms. The van der Waals surface area contributed by atoms with Crippen molar-refractivity contribution in [3.8, 4) is 6.07 Å². The van der Waals surface area contributed by atoms with Crippen LogP contribution in [-0.4, -0.2) is 24.6 Å². The number of sulfonamides is 1. The second-order valence-electron chi connectivity index (χ2n) is 4.20. The molecule has 2 rings (SSSR count). The van der Waals surface area contributed by atoms with E-state index in [9.17, 15) is 21.6 Å². The van der Waals surface area contributed by atoms with Crippen molar-refractivity contribution in [2.75, 3.05) is 4.72 Å². The molecule has 1 heterocycles. The average Bonchev–Trinajstić information content (AvgIpc) is 2.89. The first-order valence-electron chi connectivity index (χ1n) is 5.85. The van der Waals surface area contributed by atoms with Gasteiger partial charge in [0.25, 0.3) is 16.4 Å². The lowest BCUT2D eigenvalue weighted by Crippen LogP contribution is -2.13. The summed E-state index contributed by atoms with van der Waals surface area (Å²) in [5, 5.41) is 12.1. The van der Waals surface area contributed by atoms with Gasteiger partial charge >= 0.3 is 0 Å². The van der Waals surface area contributed by atoms with Gasteiger partial charge in [0.05, 0.1) is 23.5 Å². The zero-order valence-corrected chi connectivity index (χ0v) is 11.7. The number of hydrogen-bond donors (Lipinski definition) is 1. The summed E-state index contributed by atoms with van der Waals surface area (Å²) in [5.74, 6) is -0.928. The molecular weight excluding hydrogens is 321 g/mol. The highest BCUT2D eigenvalue weighted by atomic mass is 32.2. The number of nitrogens with one attached hydrogen (secondary N) is 1. The van der Waals surface area contributed by atoms with Crippen LogP contribution in [0.5, 0.6) is 0 Å². The molecule has 0 spiro atoms. The summed E-state index contributed by atoms with van der Waals surface area (Å²) >= 11 is 0. The van der Waals surface area contributed by atoms with E-state index in [1.165, 1.54) is 6.07 Å². The van der Waals surface area contributed by atoms with Crippen molar-refractivity contribution in [2.24, 2.45) is 0 Å². The summed E-state index contributed by atoms with van der Waals surface area (Å²) in [6, 6.07) is 4.91. The number of rotatable bonds is 5. The van der Waals surface area contributed by atoms with Crippen molar-refractivity contribution < 1.29 is 21.6 Å². The summed E-state index contributed by atoms with van der Waals surface area (Å²) in [6.07, 6.45) is -0.887. The van der Waals surface area contributed by atoms with E-state index >= 15 is 0 Å². The molecule has 2 aromatic rings. The van der Waals surface area contributed by atoms with Crippen LogP contribution in [0.15, 0.2) is 35.5 Å². The van der Waals surface area contributed by atoms with Crippen LogP contribution >= 0.6 is 0 Å². The molecule has 0 amide bonds. The lowest BCUT2D eigenvalue weighted by atomic mass is 10.2. The molecule has 1 aromatic carbocycles. The quantitative estimate of drug-likeness (QED) is 0.908. The Kier molecular flexibility index (Phi) is 4.37. The zero-order valence-electron chi connectivity index (χ0n) is 10.9. The Balaban J connectivity index is 2.24. The largest absolute Gasteiger partial charge is 0.277 e. The molecule has 22 heavy (non-hydrogen) atoms. The van der Waals surface area contributed by atoms with Gasteiger partial charge in [0.15, 0.2) is 0 Å². The highest BCUT2D eigenvalue weighted by molar-refractivity contribution is 7.92. The third kappa shape index (κ3) is 3.56. The molecule has 0 aliphatic carbocycles. The van der Waals surface area contributed by atoms with Crippen molar-refractivity contribution in [3.63, 3.8) is 0 Å². The van der Waals surface area contributed by atoms with Crippen LogP contribution in [0.4, 0.5) is 18.9 Å². The van der Waals surface area contributed by atoms with Crippen molar-refractivity contribution >= 4 is 15.7 Å². The number of halogens is 3. The van der Waals surface area contributed by atoms with Crippen LogP contribution in [0, 0.1) is 17.1 Å². The summed E-state index contributed by atoms with van der Waals surface area (Å²) in [5.41, 5.74) is -0.328. The number of aromatic nitrogens is 2. The second-order valence-corrected chi connectivity index (χ2v) is 5.88. The van der Waals surface area contributed by atoms with E-state index in [1.807, 2.05) is 4.72 Å². The number of benzene rings is 1. The van der Waals surface area contributed by atoms with Crippen LogP contribution in [0.1, 0.15) is 5.56 Å². The Hall–Kier alpha value is -2.54. The molecule has 0 bridgehead atoms. The molecule has 1 aromatic heterocycles. The van der Waals surface area contributed by atoms with Crippen LogP contribution in [0.25, 0.3) is 0 Å². The van der Waals surface area contributed by atoms with Gasteiger partial charge in [0.1, 0.15) is 17.3 Å². The van der Waals surface area contributed by atoms with Gasteiger partial charge < -0.3 is 0 Å². The van der Waals surface area contributed by atoms with Crippen LogP contribution < -0.4 is 4.72 Å². The predicted molar refractivity (Wildman–Crippen MR) is 70.2 cm³/mol. The molecular formula is C12H9F3N4O2S. The lowest BCUT2D eigenvalue weighted by molar-refractivity contribution is 0.121. The van der Waals surface area contributed by atoms with Gasteiger partial charge in [-0.25, -0.2) is 21.6 Å². The molecule has 0 aliphatic rings. The molecule has 1 N–H and O–H groups in total. The van der Waals surface area contributed by atoms with Gasteiger partial charge in [-0.15, -0.1) is 0 Å². The number of nitrogens with zero attached hydrogens (tertiary/aromatic N) is 3. The van der Waals surface area contributed by atoms with E-state index in [2.05, 4.69) is 5.10 Å². The normalized spacial score (nSPS) is 11.4. The van der Waals surface area contributed by atoms with Crippen LogP contribution in [0.3, 0.4) is 0 Å². The molecule has 0 saturated heterocycles. The Labute approximate surface area is 123 Å².